The van der Waals surface area contributed by atoms with Gasteiger partial charge >= 0.3 is 0 Å². The highest BCUT2D eigenvalue weighted by atomic mass is 16.2. The maximum absolute atomic E-state index is 13.8. The van der Waals surface area contributed by atoms with E-state index in [-0.39, 0.29) is 23.6 Å². The molecule has 2 aromatic carbocycles. The number of aryl methyl sites for hydroxylation is 1. The Labute approximate surface area is 222 Å². The van der Waals surface area contributed by atoms with Gasteiger partial charge in [-0.2, -0.15) is 5.10 Å². The molecule has 3 fully saturated rings. The Kier molecular flexibility index (Phi) is 5.69. The van der Waals surface area contributed by atoms with Crippen LogP contribution in [-0.4, -0.2) is 44.3 Å². The molecule has 0 radical (unpaired) electrons. The molecule has 3 aliphatic rings. The van der Waals surface area contributed by atoms with Gasteiger partial charge in [-0.15, -0.1) is 0 Å². The first kappa shape index (κ1) is 23.4. The van der Waals surface area contributed by atoms with Crippen LogP contribution in [0.1, 0.15) is 43.7 Å². The summed E-state index contributed by atoms with van der Waals surface area (Å²) < 4.78 is 3.40. The van der Waals surface area contributed by atoms with Gasteiger partial charge in [-0.1, -0.05) is 30.3 Å². The van der Waals surface area contributed by atoms with Gasteiger partial charge in [0.25, 0.3) is 0 Å². The number of hydrogen-bond donors (Lipinski definition) is 0. The summed E-state index contributed by atoms with van der Waals surface area (Å²) in [6.45, 7) is 2.22. The molecule has 194 valence electrons. The fraction of sp³-hybridized carbons (Fsp3) is 0.387. The number of nitrogens with zero attached hydrogens (tertiary/aromatic N) is 5. The highest BCUT2D eigenvalue weighted by Crippen LogP contribution is 2.44. The Hall–Kier alpha value is -3.71. The number of rotatable bonds is 8. The van der Waals surface area contributed by atoms with Gasteiger partial charge < -0.3 is 9.47 Å². The SMILES string of the molecule is Cn1cc(-n2ncc3cc(N4C(=O)CC(N(CC5CC5)CC5CC5)[C@H]4c4ccccc4)ccc32)ccc1=O. The average molecular weight is 508 g/mol. The quantitative estimate of drug-likeness (QED) is 0.347. The predicted octanol–water partition coefficient (Wildman–Crippen LogP) is 4.69. The molecule has 0 bridgehead atoms. The normalized spacial score (nSPS) is 21.6. The van der Waals surface area contributed by atoms with Crippen molar-refractivity contribution in [3.63, 3.8) is 0 Å². The molecule has 7 nitrogen and oxygen atoms in total. The second-order valence-electron chi connectivity index (χ2n) is 11.4. The third kappa shape index (κ3) is 4.35. The lowest BCUT2D eigenvalue weighted by Crippen LogP contribution is -2.42. The van der Waals surface area contributed by atoms with Crippen molar-refractivity contribution in [2.24, 2.45) is 18.9 Å². The van der Waals surface area contributed by atoms with Crippen molar-refractivity contribution in [1.29, 1.82) is 0 Å². The number of amides is 1. The first-order valence-corrected chi connectivity index (χ1v) is 13.8. The summed E-state index contributed by atoms with van der Waals surface area (Å²) in [5.41, 5.74) is 3.82. The molecule has 7 rings (SSSR count). The monoisotopic (exact) mass is 507 g/mol. The highest BCUT2D eigenvalue weighted by molar-refractivity contribution is 5.99. The molecule has 38 heavy (non-hydrogen) atoms. The van der Waals surface area contributed by atoms with E-state index in [4.69, 9.17) is 0 Å². The topological polar surface area (TPSA) is 63.4 Å². The molecule has 2 aliphatic carbocycles. The van der Waals surface area contributed by atoms with Crippen molar-refractivity contribution < 1.29 is 4.79 Å². The van der Waals surface area contributed by atoms with E-state index in [1.807, 2.05) is 34.0 Å². The van der Waals surface area contributed by atoms with Gasteiger partial charge in [0.2, 0.25) is 11.5 Å². The molecule has 1 aliphatic heterocycles. The van der Waals surface area contributed by atoms with Crippen molar-refractivity contribution in [3.05, 3.63) is 89.0 Å². The molecule has 7 heteroatoms. The van der Waals surface area contributed by atoms with Crippen molar-refractivity contribution in [3.8, 4) is 5.69 Å². The maximum atomic E-state index is 13.8. The molecule has 3 heterocycles. The van der Waals surface area contributed by atoms with E-state index in [0.29, 0.717) is 6.42 Å². The summed E-state index contributed by atoms with van der Waals surface area (Å²) in [5, 5.41) is 5.58. The Bertz CT molecular complexity index is 1540. The van der Waals surface area contributed by atoms with Crippen LogP contribution in [0.2, 0.25) is 0 Å². The largest absolute Gasteiger partial charge is 0.316 e. The van der Waals surface area contributed by atoms with Crippen LogP contribution in [0.3, 0.4) is 0 Å². The molecule has 1 amide bonds. The zero-order valence-electron chi connectivity index (χ0n) is 21.7. The summed E-state index contributed by atoms with van der Waals surface area (Å²) >= 11 is 0. The van der Waals surface area contributed by atoms with Gasteiger partial charge in [-0.25, -0.2) is 4.68 Å². The summed E-state index contributed by atoms with van der Waals surface area (Å²) in [7, 11) is 1.74. The van der Waals surface area contributed by atoms with E-state index in [1.165, 1.54) is 31.2 Å². The minimum Gasteiger partial charge on any atom is -0.316 e. The third-order valence-corrected chi connectivity index (χ3v) is 8.43. The van der Waals surface area contributed by atoms with Gasteiger partial charge in [-0.3, -0.25) is 14.5 Å². The van der Waals surface area contributed by atoms with Crippen molar-refractivity contribution >= 4 is 22.5 Å². The third-order valence-electron chi connectivity index (χ3n) is 8.43. The average Bonchev–Trinajstić information content (AvgIpc) is 3.85. The van der Waals surface area contributed by atoms with Crippen LogP contribution in [-0.2, 0) is 11.8 Å². The van der Waals surface area contributed by atoms with Crippen LogP contribution in [0, 0.1) is 11.8 Å². The molecule has 4 aromatic rings. The first-order chi connectivity index (χ1) is 18.5. The van der Waals surface area contributed by atoms with Gasteiger partial charge in [0.05, 0.1) is 23.4 Å². The van der Waals surface area contributed by atoms with E-state index in [2.05, 4.69) is 40.3 Å². The van der Waals surface area contributed by atoms with Gasteiger partial charge in [0.15, 0.2) is 0 Å². The number of benzene rings is 2. The number of anilines is 1. The zero-order valence-corrected chi connectivity index (χ0v) is 21.7. The Balaban J connectivity index is 1.27. The number of pyridine rings is 1. The van der Waals surface area contributed by atoms with E-state index < -0.39 is 0 Å². The van der Waals surface area contributed by atoms with Crippen LogP contribution in [0.15, 0.2) is 77.9 Å². The van der Waals surface area contributed by atoms with E-state index in [1.54, 1.807) is 29.9 Å². The van der Waals surface area contributed by atoms with E-state index in [9.17, 15) is 9.59 Å². The number of carbonyl (C=O) groups excluding carboxylic acids is 1. The lowest BCUT2D eigenvalue weighted by molar-refractivity contribution is -0.117. The van der Waals surface area contributed by atoms with Crippen LogP contribution in [0.4, 0.5) is 5.69 Å². The van der Waals surface area contributed by atoms with E-state index >= 15 is 0 Å². The number of fused-ring (bicyclic) bond motifs is 1. The summed E-state index contributed by atoms with van der Waals surface area (Å²) in [5.74, 6) is 1.76. The molecular formula is C31H33N5O2. The minimum absolute atomic E-state index is 0.0163. The predicted molar refractivity (Wildman–Crippen MR) is 148 cm³/mol. The van der Waals surface area contributed by atoms with Crippen LogP contribution >= 0.6 is 0 Å². The second kappa shape index (κ2) is 9.24. The molecule has 1 unspecified atom stereocenters. The Morgan fingerprint density at radius 2 is 1.61 bits per heavy atom. The zero-order chi connectivity index (χ0) is 25.8. The molecule has 1 saturated heterocycles. The fourth-order valence-electron chi connectivity index (χ4n) is 6.06. The first-order valence-electron chi connectivity index (χ1n) is 13.8. The Morgan fingerprint density at radius 1 is 0.895 bits per heavy atom. The van der Waals surface area contributed by atoms with Crippen molar-refractivity contribution in [1.82, 2.24) is 19.2 Å². The van der Waals surface area contributed by atoms with Gasteiger partial charge in [0.1, 0.15) is 0 Å². The molecule has 2 atom stereocenters. The maximum Gasteiger partial charge on any atom is 0.250 e. The summed E-state index contributed by atoms with van der Waals surface area (Å²) in [6, 6.07) is 20.2. The van der Waals surface area contributed by atoms with Gasteiger partial charge in [0, 0.05) is 55.9 Å². The standard InChI is InChI=1S/C31H33N5O2/c1-33-20-26(12-14-29(33)37)36-27-13-11-25(15-24(27)17-32-36)35-30(38)16-28(31(35)23-5-3-2-4-6-23)34(18-21-7-8-21)19-22-9-10-22/h2-6,11-15,17,20-22,28,31H,7-10,16,18-19H2,1H3/t28?,31-/m1/s1. The van der Waals surface area contributed by atoms with Crippen molar-refractivity contribution in [2.45, 2.75) is 44.2 Å². The fourth-order valence-corrected chi connectivity index (χ4v) is 6.06. The molecular weight excluding hydrogens is 474 g/mol. The number of aromatic nitrogens is 3. The minimum atomic E-state index is -0.0565. The number of hydrogen-bond acceptors (Lipinski definition) is 4. The lowest BCUT2D eigenvalue weighted by Gasteiger charge is -2.36. The lowest BCUT2D eigenvalue weighted by atomic mass is 9.97. The van der Waals surface area contributed by atoms with Crippen LogP contribution in [0.25, 0.3) is 16.6 Å². The van der Waals surface area contributed by atoms with E-state index in [0.717, 1.165) is 47.2 Å². The van der Waals surface area contributed by atoms with Crippen LogP contribution in [0.5, 0.6) is 0 Å². The smallest absolute Gasteiger partial charge is 0.250 e. The molecule has 0 spiro atoms. The molecule has 2 aromatic heterocycles. The van der Waals surface area contributed by atoms with Crippen LogP contribution < -0.4 is 10.5 Å². The van der Waals surface area contributed by atoms with Crippen molar-refractivity contribution in [2.75, 3.05) is 18.0 Å². The number of carbonyl (C=O) groups is 1. The summed E-state index contributed by atoms with van der Waals surface area (Å²) in [6.07, 6.45) is 9.45. The Morgan fingerprint density at radius 3 is 2.29 bits per heavy atom. The summed E-state index contributed by atoms with van der Waals surface area (Å²) in [4.78, 5) is 30.3. The van der Waals surface area contributed by atoms with Gasteiger partial charge in [-0.05, 0) is 67.3 Å². The second-order valence-corrected chi connectivity index (χ2v) is 11.4. The highest BCUT2D eigenvalue weighted by Gasteiger charge is 2.46. The molecule has 0 N–H and O–H groups in total. The molecule has 2 saturated carbocycles.